The lowest BCUT2D eigenvalue weighted by Gasteiger charge is -2.45. The Hall–Kier alpha value is -1.40. The van der Waals surface area contributed by atoms with Crippen molar-refractivity contribution in [2.45, 2.75) is 45.3 Å². The van der Waals surface area contributed by atoms with Gasteiger partial charge >= 0.3 is 0 Å². The average molecular weight is 306 g/mol. The minimum absolute atomic E-state index is 0.104. The molecule has 0 radical (unpaired) electrons. The van der Waals surface area contributed by atoms with Gasteiger partial charge in [0.05, 0.1) is 30.0 Å². The lowest BCUT2D eigenvalue weighted by atomic mass is 9.97. The van der Waals surface area contributed by atoms with E-state index >= 15 is 0 Å². The molecule has 6 nitrogen and oxygen atoms in total. The number of piperidine rings is 1. The van der Waals surface area contributed by atoms with Gasteiger partial charge in [-0.2, -0.15) is 5.10 Å². The number of aryl methyl sites for hydroxylation is 1. The van der Waals surface area contributed by atoms with Crippen molar-refractivity contribution < 1.29 is 9.53 Å². The number of amides is 1. The van der Waals surface area contributed by atoms with Crippen molar-refractivity contribution in [3.8, 4) is 0 Å². The monoisotopic (exact) mass is 306 g/mol. The standard InChI is InChI=1S/C16H26N4O2/c1-10(2)15-14(11(3)17-18-15)16(21)20-6-5-13-12(9-20)19(4)7-8-22-13/h10,12-13H,5-9H2,1-4H3,(H,17,18)/t12-,13+/m0/s1. The highest BCUT2D eigenvalue weighted by atomic mass is 16.5. The number of carbonyl (C=O) groups is 1. The molecule has 3 rings (SSSR count). The van der Waals surface area contributed by atoms with Crippen LogP contribution in [-0.4, -0.2) is 71.3 Å². The molecule has 0 aliphatic carbocycles. The number of hydrogen-bond acceptors (Lipinski definition) is 4. The number of H-pyrrole nitrogens is 1. The van der Waals surface area contributed by atoms with Gasteiger partial charge in [0.1, 0.15) is 0 Å². The fourth-order valence-electron chi connectivity index (χ4n) is 3.52. The zero-order chi connectivity index (χ0) is 15.9. The van der Waals surface area contributed by atoms with Gasteiger partial charge in [0, 0.05) is 25.3 Å². The second-order valence-electron chi connectivity index (χ2n) is 6.76. The van der Waals surface area contributed by atoms with Crippen LogP contribution in [0.15, 0.2) is 0 Å². The summed E-state index contributed by atoms with van der Waals surface area (Å²) >= 11 is 0. The van der Waals surface area contributed by atoms with Crippen LogP contribution in [0, 0.1) is 6.92 Å². The van der Waals surface area contributed by atoms with E-state index in [1.54, 1.807) is 0 Å². The summed E-state index contributed by atoms with van der Waals surface area (Å²) in [5.41, 5.74) is 2.50. The highest BCUT2D eigenvalue weighted by Gasteiger charge is 2.38. The van der Waals surface area contributed by atoms with E-state index in [1.165, 1.54) is 0 Å². The molecule has 2 aliphatic heterocycles. The lowest BCUT2D eigenvalue weighted by molar-refractivity contribution is -0.0893. The molecule has 1 aromatic heterocycles. The first kappa shape index (κ1) is 15.5. The van der Waals surface area contributed by atoms with Crippen LogP contribution in [-0.2, 0) is 4.74 Å². The molecular formula is C16H26N4O2. The summed E-state index contributed by atoms with van der Waals surface area (Å²) in [4.78, 5) is 17.3. The molecule has 2 fully saturated rings. The van der Waals surface area contributed by atoms with Crippen LogP contribution in [0.3, 0.4) is 0 Å². The number of fused-ring (bicyclic) bond motifs is 1. The summed E-state index contributed by atoms with van der Waals surface area (Å²) in [5, 5.41) is 7.29. The van der Waals surface area contributed by atoms with Gasteiger partial charge in [-0.15, -0.1) is 0 Å². The van der Waals surface area contributed by atoms with Crippen LogP contribution < -0.4 is 0 Å². The van der Waals surface area contributed by atoms with E-state index in [2.05, 4.69) is 36.0 Å². The number of carbonyl (C=O) groups excluding carboxylic acids is 1. The highest BCUT2D eigenvalue weighted by Crippen LogP contribution is 2.26. The number of morpholine rings is 1. The maximum Gasteiger partial charge on any atom is 0.257 e. The fraction of sp³-hybridized carbons (Fsp3) is 0.750. The first-order valence-corrected chi connectivity index (χ1v) is 8.15. The minimum Gasteiger partial charge on any atom is -0.375 e. The Balaban J connectivity index is 1.80. The molecule has 0 saturated carbocycles. The Bertz CT molecular complexity index is 554. The third-order valence-corrected chi connectivity index (χ3v) is 4.89. The van der Waals surface area contributed by atoms with E-state index in [-0.39, 0.29) is 17.9 Å². The van der Waals surface area contributed by atoms with Crippen LogP contribution in [0.4, 0.5) is 0 Å². The Kier molecular flexibility index (Phi) is 4.23. The SMILES string of the molecule is Cc1[nH]nc(C(C)C)c1C(=O)N1CC[C@H]2OCCN(C)[C@H]2C1. The first-order valence-electron chi connectivity index (χ1n) is 8.15. The summed E-state index contributed by atoms with van der Waals surface area (Å²) in [6.45, 7) is 9.30. The van der Waals surface area contributed by atoms with E-state index in [0.717, 1.165) is 49.6 Å². The molecule has 0 bridgehead atoms. The van der Waals surface area contributed by atoms with Crippen molar-refractivity contribution in [2.24, 2.45) is 0 Å². The number of likely N-dealkylation sites (N-methyl/N-ethyl adjacent to an activating group) is 1. The van der Waals surface area contributed by atoms with Crippen molar-refractivity contribution in [2.75, 3.05) is 33.3 Å². The number of aromatic amines is 1. The van der Waals surface area contributed by atoms with Gasteiger partial charge in [-0.25, -0.2) is 0 Å². The number of rotatable bonds is 2. The van der Waals surface area contributed by atoms with Gasteiger partial charge in [-0.3, -0.25) is 14.8 Å². The molecule has 0 spiro atoms. The molecule has 0 unspecified atom stereocenters. The maximum atomic E-state index is 13.0. The van der Waals surface area contributed by atoms with E-state index in [4.69, 9.17) is 4.74 Å². The summed E-state index contributed by atoms with van der Waals surface area (Å²) < 4.78 is 5.86. The molecule has 1 N–H and O–H groups in total. The third kappa shape index (κ3) is 2.65. The topological polar surface area (TPSA) is 61.5 Å². The van der Waals surface area contributed by atoms with E-state index < -0.39 is 0 Å². The largest absolute Gasteiger partial charge is 0.375 e. The van der Waals surface area contributed by atoms with Crippen LogP contribution in [0.2, 0.25) is 0 Å². The molecule has 122 valence electrons. The molecule has 2 atom stereocenters. The Labute approximate surface area is 131 Å². The molecule has 1 amide bonds. The predicted molar refractivity (Wildman–Crippen MR) is 84.1 cm³/mol. The van der Waals surface area contributed by atoms with Gasteiger partial charge < -0.3 is 9.64 Å². The van der Waals surface area contributed by atoms with Crippen molar-refractivity contribution in [1.82, 2.24) is 20.0 Å². The molecule has 1 aromatic rings. The van der Waals surface area contributed by atoms with Gasteiger partial charge in [0.15, 0.2) is 0 Å². The van der Waals surface area contributed by atoms with Crippen molar-refractivity contribution in [3.05, 3.63) is 17.0 Å². The number of nitrogens with zero attached hydrogens (tertiary/aromatic N) is 3. The first-order chi connectivity index (χ1) is 10.5. The molecule has 2 aliphatic rings. The van der Waals surface area contributed by atoms with E-state index in [0.29, 0.717) is 6.04 Å². The van der Waals surface area contributed by atoms with Gasteiger partial charge in [-0.1, -0.05) is 13.8 Å². The average Bonchev–Trinajstić information content (AvgIpc) is 2.88. The zero-order valence-corrected chi connectivity index (χ0v) is 13.9. The molecule has 3 heterocycles. The van der Waals surface area contributed by atoms with Crippen molar-refractivity contribution >= 4 is 5.91 Å². The molecular weight excluding hydrogens is 280 g/mol. The Morgan fingerprint density at radius 1 is 1.41 bits per heavy atom. The normalized spacial score (nSPS) is 26.3. The summed E-state index contributed by atoms with van der Waals surface area (Å²) in [7, 11) is 2.12. The van der Waals surface area contributed by atoms with Crippen LogP contribution >= 0.6 is 0 Å². The van der Waals surface area contributed by atoms with E-state index in [9.17, 15) is 4.79 Å². The lowest BCUT2D eigenvalue weighted by Crippen LogP contribution is -2.59. The van der Waals surface area contributed by atoms with Gasteiger partial charge in [0.2, 0.25) is 0 Å². The summed E-state index contributed by atoms with van der Waals surface area (Å²) in [6, 6.07) is 0.307. The minimum atomic E-state index is 0.104. The van der Waals surface area contributed by atoms with Gasteiger partial charge in [-0.05, 0) is 26.3 Å². The zero-order valence-electron chi connectivity index (χ0n) is 13.9. The second kappa shape index (κ2) is 6.01. The third-order valence-electron chi connectivity index (χ3n) is 4.89. The molecule has 6 heteroatoms. The Morgan fingerprint density at radius 2 is 2.18 bits per heavy atom. The molecule has 22 heavy (non-hydrogen) atoms. The fourth-order valence-corrected chi connectivity index (χ4v) is 3.52. The number of aromatic nitrogens is 2. The van der Waals surface area contributed by atoms with Crippen LogP contribution in [0.1, 0.15) is 47.9 Å². The number of likely N-dealkylation sites (tertiary alicyclic amines) is 1. The van der Waals surface area contributed by atoms with Crippen molar-refractivity contribution in [3.63, 3.8) is 0 Å². The van der Waals surface area contributed by atoms with Crippen molar-refractivity contribution in [1.29, 1.82) is 0 Å². The molecule has 0 aromatic carbocycles. The maximum absolute atomic E-state index is 13.0. The number of nitrogens with one attached hydrogen (secondary N) is 1. The van der Waals surface area contributed by atoms with E-state index in [1.807, 2.05) is 11.8 Å². The number of ether oxygens (including phenoxy) is 1. The Morgan fingerprint density at radius 3 is 2.91 bits per heavy atom. The summed E-state index contributed by atoms with van der Waals surface area (Å²) in [5.74, 6) is 0.342. The van der Waals surface area contributed by atoms with Gasteiger partial charge in [0.25, 0.3) is 5.91 Å². The summed E-state index contributed by atoms with van der Waals surface area (Å²) in [6.07, 6.45) is 1.17. The smallest absolute Gasteiger partial charge is 0.257 e. The quantitative estimate of drug-likeness (QED) is 0.897. The van der Waals surface area contributed by atoms with Crippen LogP contribution in [0.25, 0.3) is 0 Å². The predicted octanol–water partition coefficient (Wildman–Crippen LogP) is 1.39. The molecule has 2 saturated heterocycles. The highest BCUT2D eigenvalue weighted by molar-refractivity contribution is 5.96. The van der Waals surface area contributed by atoms with Crippen LogP contribution in [0.5, 0.6) is 0 Å². The second-order valence-corrected chi connectivity index (χ2v) is 6.76. The number of hydrogen-bond donors (Lipinski definition) is 1.